The van der Waals surface area contributed by atoms with Crippen molar-refractivity contribution in [3.05, 3.63) is 85.0 Å². The Morgan fingerprint density at radius 1 is 0.935 bits per heavy atom. The normalized spacial score (nSPS) is 14.6. The van der Waals surface area contributed by atoms with Gasteiger partial charge in [-0.05, 0) is 35.7 Å². The average molecular weight is 496 g/mol. The SMILES string of the molecule is O=C(c1cc(COc2ccccc2Cl)cs1)N1CCN(Cc2c(Cl)cccc2Cl)CC1. The number of para-hydroxylation sites is 1. The van der Waals surface area contributed by atoms with Gasteiger partial charge in [-0.25, -0.2) is 0 Å². The Morgan fingerprint density at radius 3 is 2.32 bits per heavy atom. The van der Waals surface area contributed by atoms with Crippen molar-refractivity contribution in [3.63, 3.8) is 0 Å². The molecule has 1 fully saturated rings. The van der Waals surface area contributed by atoms with Gasteiger partial charge in [0.25, 0.3) is 5.91 Å². The lowest BCUT2D eigenvalue weighted by Gasteiger charge is -2.34. The van der Waals surface area contributed by atoms with Gasteiger partial charge >= 0.3 is 0 Å². The topological polar surface area (TPSA) is 32.8 Å². The molecule has 3 aromatic rings. The molecule has 2 heterocycles. The van der Waals surface area contributed by atoms with Crippen molar-refractivity contribution in [2.75, 3.05) is 26.2 Å². The first-order valence-corrected chi connectivity index (χ1v) is 11.9. The highest BCUT2D eigenvalue weighted by molar-refractivity contribution is 7.12. The highest BCUT2D eigenvalue weighted by Crippen LogP contribution is 2.27. The van der Waals surface area contributed by atoms with E-state index in [-0.39, 0.29) is 5.91 Å². The predicted molar refractivity (Wildman–Crippen MR) is 128 cm³/mol. The Labute approximate surface area is 200 Å². The maximum Gasteiger partial charge on any atom is 0.264 e. The van der Waals surface area contributed by atoms with Crippen LogP contribution in [0.2, 0.25) is 15.1 Å². The fraction of sp³-hybridized carbons (Fsp3) is 0.261. The van der Waals surface area contributed by atoms with Crippen LogP contribution in [0.25, 0.3) is 0 Å². The summed E-state index contributed by atoms with van der Waals surface area (Å²) < 4.78 is 5.77. The number of nitrogens with zero attached hydrogens (tertiary/aromatic N) is 2. The Hall–Kier alpha value is -1.76. The molecule has 4 nitrogen and oxygen atoms in total. The molecule has 1 aliphatic rings. The molecular formula is C23H21Cl3N2O2S. The molecule has 1 amide bonds. The zero-order chi connectivity index (χ0) is 21.8. The van der Waals surface area contributed by atoms with E-state index in [1.54, 1.807) is 6.07 Å². The lowest BCUT2D eigenvalue weighted by Crippen LogP contribution is -2.48. The molecule has 0 bridgehead atoms. The van der Waals surface area contributed by atoms with Crippen LogP contribution in [0.15, 0.2) is 53.9 Å². The van der Waals surface area contributed by atoms with Crippen molar-refractivity contribution < 1.29 is 9.53 Å². The van der Waals surface area contributed by atoms with E-state index in [9.17, 15) is 4.79 Å². The van der Waals surface area contributed by atoms with Crippen LogP contribution < -0.4 is 4.74 Å². The third-order valence-electron chi connectivity index (χ3n) is 5.20. The highest BCUT2D eigenvalue weighted by Gasteiger charge is 2.24. The summed E-state index contributed by atoms with van der Waals surface area (Å²) in [7, 11) is 0. The van der Waals surface area contributed by atoms with E-state index >= 15 is 0 Å². The van der Waals surface area contributed by atoms with Crippen molar-refractivity contribution in [2.45, 2.75) is 13.2 Å². The maximum absolute atomic E-state index is 12.9. The molecule has 8 heteroatoms. The fourth-order valence-electron chi connectivity index (χ4n) is 3.46. The molecule has 0 aliphatic carbocycles. The van der Waals surface area contributed by atoms with E-state index in [1.165, 1.54) is 11.3 Å². The fourth-order valence-corrected chi connectivity index (χ4v) is 5.03. The zero-order valence-corrected chi connectivity index (χ0v) is 19.8. The van der Waals surface area contributed by atoms with Crippen molar-refractivity contribution >= 4 is 52.0 Å². The molecule has 0 saturated carbocycles. The van der Waals surface area contributed by atoms with Gasteiger partial charge in [0.05, 0.1) is 9.90 Å². The highest BCUT2D eigenvalue weighted by atomic mass is 35.5. The lowest BCUT2D eigenvalue weighted by atomic mass is 10.2. The first-order valence-electron chi connectivity index (χ1n) is 9.90. The molecule has 4 rings (SSSR count). The molecule has 31 heavy (non-hydrogen) atoms. The average Bonchev–Trinajstić information content (AvgIpc) is 3.25. The van der Waals surface area contributed by atoms with Gasteiger partial charge in [0.1, 0.15) is 12.4 Å². The summed E-state index contributed by atoms with van der Waals surface area (Å²) in [6.45, 7) is 3.96. The summed E-state index contributed by atoms with van der Waals surface area (Å²) in [5, 5.41) is 3.89. The smallest absolute Gasteiger partial charge is 0.264 e. The summed E-state index contributed by atoms with van der Waals surface area (Å²) >= 11 is 20.2. The Kier molecular flexibility index (Phi) is 7.41. The summed E-state index contributed by atoms with van der Waals surface area (Å²) in [6.07, 6.45) is 0. The molecule has 1 aromatic heterocycles. The van der Waals surface area contributed by atoms with Gasteiger partial charge in [0, 0.05) is 53.9 Å². The molecule has 0 atom stereocenters. The zero-order valence-electron chi connectivity index (χ0n) is 16.7. The third kappa shape index (κ3) is 5.54. The van der Waals surface area contributed by atoms with Crippen LogP contribution in [-0.4, -0.2) is 41.9 Å². The van der Waals surface area contributed by atoms with Crippen LogP contribution in [0.4, 0.5) is 0 Å². The van der Waals surface area contributed by atoms with Crippen LogP contribution in [0, 0.1) is 0 Å². The van der Waals surface area contributed by atoms with Crippen molar-refractivity contribution in [1.29, 1.82) is 0 Å². The number of hydrogen-bond donors (Lipinski definition) is 0. The Bertz CT molecular complexity index is 1040. The molecule has 0 N–H and O–H groups in total. The number of ether oxygens (including phenoxy) is 1. The molecule has 0 spiro atoms. The van der Waals surface area contributed by atoms with E-state index in [4.69, 9.17) is 39.5 Å². The molecule has 1 saturated heterocycles. The second-order valence-electron chi connectivity index (χ2n) is 7.31. The number of halogens is 3. The number of thiophene rings is 1. The quantitative estimate of drug-likeness (QED) is 0.405. The Balaban J connectivity index is 1.30. The van der Waals surface area contributed by atoms with E-state index in [0.717, 1.165) is 29.1 Å². The van der Waals surface area contributed by atoms with Gasteiger partial charge in [-0.1, -0.05) is 53.0 Å². The van der Waals surface area contributed by atoms with Crippen LogP contribution in [0.5, 0.6) is 5.75 Å². The minimum atomic E-state index is 0.0596. The first kappa shape index (κ1) is 22.4. The van der Waals surface area contributed by atoms with E-state index < -0.39 is 0 Å². The first-order chi connectivity index (χ1) is 15.0. The number of hydrogen-bond acceptors (Lipinski definition) is 4. The molecule has 162 valence electrons. The molecule has 0 unspecified atom stereocenters. The van der Waals surface area contributed by atoms with Crippen LogP contribution >= 0.6 is 46.1 Å². The number of benzene rings is 2. The number of carbonyl (C=O) groups excluding carboxylic acids is 1. The number of amides is 1. The Morgan fingerprint density at radius 2 is 1.61 bits per heavy atom. The van der Waals surface area contributed by atoms with Gasteiger partial charge in [0.15, 0.2) is 0 Å². The van der Waals surface area contributed by atoms with Gasteiger partial charge in [0.2, 0.25) is 0 Å². The van der Waals surface area contributed by atoms with Crippen molar-refractivity contribution in [3.8, 4) is 5.75 Å². The molecule has 1 aliphatic heterocycles. The minimum absolute atomic E-state index is 0.0596. The summed E-state index contributed by atoms with van der Waals surface area (Å²) in [5.41, 5.74) is 1.90. The second-order valence-corrected chi connectivity index (χ2v) is 9.44. The van der Waals surface area contributed by atoms with Gasteiger partial charge in [-0.2, -0.15) is 0 Å². The van der Waals surface area contributed by atoms with Crippen molar-refractivity contribution in [2.24, 2.45) is 0 Å². The van der Waals surface area contributed by atoms with Crippen LogP contribution in [0.1, 0.15) is 20.8 Å². The van der Waals surface area contributed by atoms with Crippen molar-refractivity contribution in [1.82, 2.24) is 9.80 Å². The molecular weight excluding hydrogens is 475 g/mol. The van der Waals surface area contributed by atoms with E-state index in [0.29, 0.717) is 47.1 Å². The maximum atomic E-state index is 12.9. The summed E-state index contributed by atoms with van der Waals surface area (Å²) in [5.74, 6) is 0.697. The largest absolute Gasteiger partial charge is 0.487 e. The minimum Gasteiger partial charge on any atom is -0.487 e. The summed E-state index contributed by atoms with van der Waals surface area (Å²) in [6, 6.07) is 14.8. The molecule has 0 radical (unpaired) electrons. The predicted octanol–water partition coefficient (Wildman–Crippen LogP) is 6.25. The summed E-state index contributed by atoms with van der Waals surface area (Å²) in [4.78, 5) is 17.8. The van der Waals surface area contributed by atoms with Crippen LogP contribution in [0.3, 0.4) is 0 Å². The van der Waals surface area contributed by atoms with Gasteiger partial charge in [-0.15, -0.1) is 11.3 Å². The lowest BCUT2D eigenvalue weighted by molar-refractivity contribution is 0.0633. The number of piperazine rings is 1. The van der Waals surface area contributed by atoms with Crippen LogP contribution in [-0.2, 0) is 13.2 Å². The third-order valence-corrected chi connectivity index (χ3v) is 7.19. The molecule has 2 aromatic carbocycles. The second kappa shape index (κ2) is 10.2. The van der Waals surface area contributed by atoms with Gasteiger partial charge < -0.3 is 9.64 Å². The number of carbonyl (C=O) groups is 1. The standard InChI is InChI=1S/C23H21Cl3N2O2S/c24-18-5-3-6-19(25)17(18)13-27-8-10-28(11-9-27)23(29)22-12-16(15-31-22)14-30-21-7-2-1-4-20(21)26/h1-7,12,15H,8-11,13-14H2. The monoisotopic (exact) mass is 494 g/mol. The van der Waals surface area contributed by atoms with Gasteiger partial charge in [-0.3, -0.25) is 9.69 Å². The van der Waals surface area contributed by atoms with E-state index in [1.807, 2.05) is 52.7 Å². The van der Waals surface area contributed by atoms with E-state index in [2.05, 4.69) is 4.90 Å². The number of rotatable bonds is 6.